The molecule has 0 N–H and O–H groups in total. The van der Waals surface area contributed by atoms with E-state index in [1.165, 1.54) is 23.9 Å². The molecule has 1 saturated carbocycles. The van der Waals surface area contributed by atoms with Gasteiger partial charge in [0, 0.05) is 42.6 Å². The van der Waals surface area contributed by atoms with Crippen molar-refractivity contribution in [1.82, 2.24) is 19.2 Å². The van der Waals surface area contributed by atoms with Crippen molar-refractivity contribution in [1.29, 1.82) is 0 Å². The lowest BCUT2D eigenvalue weighted by atomic mass is 10.2. The van der Waals surface area contributed by atoms with Crippen molar-refractivity contribution in [3.05, 3.63) is 45.6 Å². The number of carbonyl (C=O) groups is 1. The number of hydrogen-bond donors (Lipinski definition) is 0. The van der Waals surface area contributed by atoms with Gasteiger partial charge in [-0.1, -0.05) is 6.07 Å². The smallest absolute Gasteiger partial charge is 0.280 e. The van der Waals surface area contributed by atoms with Crippen LogP contribution >= 0.6 is 0 Å². The number of likely N-dealkylation sites (N-methyl/N-ethyl adjacent to an activating group) is 1. The van der Waals surface area contributed by atoms with Crippen molar-refractivity contribution in [3.63, 3.8) is 0 Å². The highest BCUT2D eigenvalue weighted by atomic mass is 32.2. The first-order chi connectivity index (χ1) is 19.3. The minimum atomic E-state index is -1.39. The van der Waals surface area contributed by atoms with Gasteiger partial charge in [-0.3, -0.25) is 13.9 Å². The Balaban J connectivity index is 1.67. The number of anilines is 1. The lowest BCUT2D eigenvalue weighted by molar-refractivity contribution is 0.0685. The fourth-order valence-corrected chi connectivity index (χ4v) is 7.31. The van der Waals surface area contributed by atoms with Gasteiger partial charge in [-0.05, 0) is 52.0 Å². The van der Waals surface area contributed by atoms with Gasteiger partial charge in [-0.25, -0.2) is 13.3 Å². The molecule has 0 radical (unpaired) electrons. The number of nitrogens with zero attached hydrogens (tertiary/aromatic N) is 5. The lowest BCUT2D eigenvalue weighted by Crippen LogP contribution is -2.42. The first kappa shape index (κ1) is 26.8. The van der Waals surface area contributed by atoms with E-state index in [-0.39, 0.29) is 35.7 Å². The van der Waals surface area contributed by atoms with E-state index >= 15 is 0 Å². The Bertz CT molecular complexity index is 1560. The van der Waals surface area contributed by atoms with Crippen molar-refractivity contribution in [2.24, 2.45) is 0 Å². The number of rotatable bonds is 3. The molecule has 3 aromatic rings. The van der Waals surface area contributed by atoms with Gasteiger partial charge in [0.05, 0.1) is 20.3 Å². The summed E-state index contributed by atoms with van der Waals surface area (Å²) in [6, 6.07) is 4.12. The van der Waals surface area contributed by atoms with Crippen LogP contribution in [0.3, 0.4) is 0 Å². The minimum absolute atomic E-state index is 0.0107. The molecule has 1 fully saturated rings. The van der Waals surface area contributed by atoms with Gasteiger partial charge in [-0.2, -0.15) is 0 Å². The van der Waals surface area contributed by atoms with Gasteiger partial charge in [0.1, 0.15) is 33.5 Å². The lowest BCUT2D eigenvalue weighted by Gasteiger charge is -2.33. The zero-order chi connectivity index (χ0) is 28.1. The van der Waals surface area contributed by atoms with Crippen molar-refractivity contribution in [3.8, 4) is 11.5 Å². The molecule has 2 aromatic heterocycles. The molecule has 12 heteroatoms. The second kappa shape index (κ2) is 10.5. The number of benzene rings is 1. The number of aromatic nitrogens is 3. The summed E-state index contributed by atoms with van der Waals surface area (Å²) in [6.07, 6.45) is 4.00. The summed E-state index contributed by atoms with van der Waals surface area (Å²) >= 11 is 0. The van der Waals surface area contributed by atoms with Gasteiger partial charge in [0.2, 0.25) is 0 Å². The van der Waals surface area contributed by atoms with Crippen LogP contribution < -0.4 is 19.3 Å². The number of amides is 1. The fraction of sp³-hybridized carbons (Fsp3) is 0.536. The number of carbonyl (C=O) groups excluding carboxylic acids is 1. The van der Waals surface area contributed by atoms with E-state index in [0.717, 1.165) is 25.7 Å². The number of halogens is 1. The second-order valence-corrected chi connectivity index (χ2v) is 12.1. The average Bonchev–Trinajstić information content (AvgIpc) is 3.70. The second-order valence-electron chi connectivity index (χ2n) is 10.7. The molecule has 1 amide bonds. The summed E-state index contributed by atoms with van der Waals surface area (Å²) in [5.41, 5.74) is 0.945. The first-order valence-electron chi connectivity index (χ1n) is 13.9. The van der Waals surface area contributed by atoms with Crippen LogP contribution in [0.4, 0.5) is 10.2 Å². The van der Waals surface area contributed by atoms with Crippen LogP contribution in [0.1, 0.15) is 68.0 Å². The Kier molecular flexibility index (Phi) is 7.05. The van der Waals surface area contributed by atoms with Gasteiger partial charge in [-0.15, -0.1) is 5.10 Å². The van der Waals surface area contributed by atoms with Gasteiger partial charge in [0.25, 0.3) is 11.5 Å². The number of methoxy groups -OCH3 is 1. The van der Waals surface area contributed by atoms with Crippen molar-refractivity contribution >= 4 is 33.6 Å². The van der Waals surface area contributed by atoms with Gasteiger partial charge in [0.15, 0.2) is 17.3 Å². The normalized spacial score (nSPS) is 21.9. The van der Waals surface area contributed by atoms with Crippen LogP contribution in [0.25, 0.3) is 10.9 Å². The molecule has 2 aliphatic heterocycles. The summed E-state index contributed by atoms with van der Waals surface area (Å²) in [4.78, 5) is 29.5. The molecule has 3 aliphatic rings. The van der Waals surface area contributed by atoms with Crippen LogP contribution in [0.15, 0.2) is 23.0 Å². The predicted molar refractivity (Wildman–Crippen MR) is 150 cm³/mol. The Morgan fingerprint density at radius 3 is 2.73 bits per heavy atom. The number of ether oxygens (including phenoxy) is 2. The molecule has 10 nitrogen and oxygen atoms in total. The molecule has 1 aliphatic carbocycles. The molecule has 40 heavy (non-hydrogen) atoms. The molecule has 6 rings (SSSR count). The number of hydrogen-bond acceptors (Lipinski definition) is 6. The molecular weight excluding hydrogens is 537 g/mol. The Morgan fingerprint density at radius 2 is 2.00 bits per heavy atom. The topological polar surface area (TPSA) is 98.9 Å². The molecule has 214 valence electrons. The van der Waals surface area contributed by atoms with E-state index in [4.69, 9.17) is 14.6 Å². The summed E-state index contributed by atoms with van der Waals surface area (Å²) in [5, 5.41) is 5.08. The fourth-order valence-electron chi connectivity index (χ4n) is 5.81. The Labute approximate surface area is 234 Å². The molecular formula is C28H34FN5O5S. The van der Waals surface area contributed by atoms with Crippen LogP contribution in [0.2, 0.25) is 0 Å². The maximum Gasteiger partial charge on any atom is 0.280 e. The van der Waals surface area contributed by atoms with Gasteiger partial charge >= 0.3 is 0 Å². The maximum atomic E-state index is 14.2. The third kappa shape index (κ3) is 4.46. The van der Waals surface area contributed by atoms with E-state index in [9.17, 15) is 18.2 Å². The maximum absolute atomic E-state index is 14.2. The standard InChI is InChI=1S/C28H34FN5O5S/c1-4-31-15-17(2)33-23-22(25(38-3)24(33)28(31)36)27(35)32-16-18-8-9-19(29)14-21(18)39-12-6-5-7-13-40(37)34(20-10-11-20)26(23)30-32/h8-9,14,17,20H,4-7,10-13,15-16H2,1-3H3. The van der Waals surface area contributed by atoms with Crippen LogP contribution in [0.5, 0.6) is 11.5 Å². The SMILES string of the molecule is CCN1CC(C)n2c(c(OC)c3c(=O)n4nc(c32)N(C2CC2)S(=O)CCCCCOc2cc(F)ccc2C4)C1=O. The minimum Gasteiger partial charge on any atom is -0.493 e. The molecule has 0 spiro atoms. The van der Waals surface area contributed by atoms with E-state index in [2.05, 4.69) is 0 Å². The zero-order valence-corrected chi connectivity index (χ0v) is 23.8. The summed E-state index contributed by atoms with van der Waals surface area (Å²) in [5.74, 6) is 0.760. The summed E-state index contributed by atoms with van der Waals surface area (Å²) in [7, 11) is 0.0640. The van der Waals surface area contributed by atoms with E-state index in [0.29, 0.717) is 60.2 Å². The average molecular weight is 572 g/mol. The highest BCUT2D eigenvalue weighted by molar-refractivity contribution is 7.86. The van der Waals surface area contributed by atoms with Crippen LogP contribution in [-0.2, 0) is 17.5 Å². The highest BCUT2D eigenvalue weighted by Gasteiger charge is 2.41. The monoisotopic (exact) mass is 571 g/mol. The van der Waals surface area contributed by atoms with Crippen molar-refractivity contribution < 1.29 is 22.9 Å². The summed E-state index contributed by atoms with van der Waals surface area (Å²) < 4.78 is 44.7. The third-order valence-corrected chi connectivity index (χ3v) is 9.46. The molecule has 2 bridgehead atoms. The summed E-state index contributed by atoms with van der Waals surface area (Å²) in [6.45, 7) is 5.31. The van der Waals surface area contributed by atoms with E-state index in [1.54, 1.807) is 11.0 Å². The van der Waals surface area contributed by atoms with Crippen molar-refractivity contribution in [2.45, 2.75) is 64.6 Å². The first-order valence-corrected chi connectivity index (χ1v) is 15.2. The highest BCUT2D eigenvalue weighted by Crippen LogP contribution is 2.43. The quantitative estimate of drug-likeness (QED) is 0.476. The van der Waals surface area contributed by atoms with Crippen LogP contribution in [0, 0.1) is 5.82 Å². The molecule has 4 heterocycles. The van der Waals surface area contributed by atoms with E-state index < -0.39 is 22.4 Å². The molecule has 2 atom stereocenters. The van der Waals surface area contributed by atoms with Gasteiger partial charge < -0.3 is 18.9 Å². The van der Waals surface area contributed by atoms with Crippen LogP contribution in [-0.4, -0.2) is 68.0 Å². The molecule has 0 saturated heterocycles. The Hall–Kier alpha value is -3.41. The Morgan fingerprint density at radius 1 is 1.20 bits per heavy atom. The number of fused-ring (bicyclic) bond motifs is 7. The van der Waals surface area contributed by atoms with Crippen molar-refractivity contribution in [2.75, 3.05) is 36.9 Å². The molecule has 2 unspecified atom stereocenters. The predicted octanol–water partition coefficient (Wildman–Crippen LogP) is 3.63. The largest absolute Gasteiger partial charge is 0.493 e. The molecule has 1 aromatic carbocycles. The third-order valence-electron chi connectivity index (χ3n) is 7.91. The van der Waals surface area contributed by atoms with E-state index in [1.807, 2.05) is 22.7 Å². The zero-order valence-electron chi connectivity index (χ0n) is 23.0.